The molecule has 0 aliphatic rings. The van der Waals surface area contributed by atoms with E-state index in [1.54, 1.807) is 23.1 Å². The fourth-order valence-electron chi connectivity index (χ4n) is 0.478. The Balaban J connectivity index is 3.17. The minimum Gasteiger partial charge on any atom is -0.119 e. The highest BCUT2D eigenvalue weighted by atomic mass is 79.9. The van der Waals surface area contributed by atoms with Crippen molar-refractivity contribution < 1.29 is 0 Å². The molecular weight excluding hydrogens is 364 g/mol. The summed E-state index contributed by atoms with van der Waals surface area (Å²) < 4.78 is 4.70. The van der Waals surface area contributed by atoms with Crippen LogP contribution >= 0.6 is 70.9 Å². The van der Waals surface area contributed by atoms with Gasteiger partial charge in [0.25, 0.3) is 0 Å². The second-order valence-corrected chi connectivity index (χ2v) is 6.49. The molecule has 0 bridgehead atoms. The quantitative estimate of drug-likeness (QED) is 0.646. The molecule has 0 radical (unpaired) electrons. The summed E-state index contributed by atoms with van der Waals surface area (Å²) in [5, 5.41) is 0. The van der Waals surface area contributed by atoms with Crippen molar-refractivity contribution in [1.82, 2.24) is 0 Å². The molecule has 0 fully saturated rings. The molecule has 1 aromatic rings. The molecule has 0 unspecified atom stereocenters. The van der Waals surface area contributed by atoms with Gasteiger partial charge in [0.15, 0.2) is 0 Å². The highest BCUT2D eigenvalue weighted by molar-refractivity contribution is 9.14. The molecule has 1 aromatic heterocycles. The van der Waals surface area contributed by atoms with Crippen molar-refractivity contribution in [3.05, 3.63) is 12.7 Å². The third-order valence-corrected chi connectivity index (χ3v) is 7.33. The molecule has 56 valence electrons. The lowest BCUT2D eigenvalue weighted by molar-refractivity contribution is 1.59. The largest absolute Gasteiger partial charge is 0.119 e. The van der Waals surface area contributed by atoms with E-state index < -0.39 is 0 Å². The van der Waals surface area contributed by atoms with Crippen LogP contribution in [0.15, 0.2) is 16.9 Å². The zero-order valence-corrected chi connectivity index (χ0v) is 11.3. The number of hydrogen-bond acceptors (Lipinski definition) is 2. The van der Waals surface area contributed by atoms with Crippen LogP contribution in [0.3, 0.4) is 0 Å². The molecule has 0 aromatic carbocycles. The second kappa shape index (κ2) is 3.94. The van der Waals surface area contributed by atoms with Crippen molar-refractivity contribution in [2.24, 2.45) is 0 Å². The van der Waals surface area contributed by atoms with E-state index in [0.717, 1.165) is 12.7 Å². The lowest BCUT2D eigenvalue weighted by Crippen LogP contribution is -1.59. The summed E-state index contributed by atoms with van der Waals surface area (Å²) in [5.74, 6) is 0. The van der Waals surface area contributed by atoms with Crippen LogP contribution in [0.4, 0.5) is 0 Å². The first-order chi connectivity index (χ1) is 4.66. The van der Waals surface area contributed by atoms with E-state index >= 15 is 0 Å². The van der Waals surface area contributed by atoms with Crippen molar-refractivity contribution in [1.29, 1.82) is 0 Å². The summed E-state index contributed by atoms with van der Waals surface area (Å²) in [6, 6.07) is 0. The fraction of sp³-hybridized carbons (Fsp3) is 0.200. The zero-order valence-electron chi connectivity index (χ0n) is 4.95. The Labute approximate surface area is 93.2 Å². The van der Waals surface area contributed by atoms with Crippen molar-refractivity contribution in [2.75, 3.05) is 6.26 Å². The Morgan fingerprint density at radius 1 is 1.20 bits per heavy atom. The van der Waals surface area contributed by atoms with Crippen LogP contribution in [0.25, 0.3) is 0 Å². The van der Waals surface area contributed by atoms with Crippen LogP contribution < -0.4 is 0 Å². The molecule has 0 nitrogen and oxygen atoms in total. The maximum Gasteiger partial charge on any atom is 0.0864 e. The van der Waals surface area contributed by atoms with Gasteiger partial charge in [-0.3, -0.25) is 0 Å². The van der Waals surface area contributed by atoms with Crippen LogP contribution in [0, 0.1) is 0 Å². The van der Waals surface area contributed by atoms with Gasteiger partial charge in [0.2, 0.25) is 0 Å². The van der Waals surface area contributed by atoms with Crippen LogP contribution in [-0.4, -0.2) is 6.26 Å². The fourth-order valence-corrected chi connectivity index (χ4v) is 4.92. The van der Waals surface area contributed by atoms with Crippen molar-refractivity contribution in [3.63, 3.8) is 0 Å². The Bertz CT molecular complexity index is 243. The summed E-state index contributed by atoms with van der Waals surface area (Å²) in [7, 11) is 0. The first kappa shape index (κ1) is 9.58. The maximum absolute atomic E-state index is 3.47. The standard InChI is InChI=1S/C5H3Br3S2/c1-9-5-3(7)2(6)4(8)10-5/h1H3. The van der Waals surface area contributed by atoms with E-state index in [0.29, 0.717) is 0 Å². The third-order valence-electron chi connectivity index (χ3n) is 0.912. The molecule has 1 rings (SSSR count). The van der Waals surface area contributed by atoms with Crippen LogP contribution in [0.5, 0.6) is 0 Å². The van der Waals surface area contributed by atoms with Gasteiger partial charge in [0.05, 0.1) is 16.9 Å². The summed E-state index contributed by atoms with van der Waals surface area (Å²) >= 11 is 13.8. The predicted molar refractivity (Wildman–Crippen MR) is 59.2 cm³/mol. The van der Waals surface area contributed by atoms with Gasteiger partial charge in [-0.05, 0) is 54.0 Å². The van der Waals surface area contributed by atoms with Crippen LogP contribution in [0.1, 0.15) is 0 Å². The third kappa shape index (κ3) is 1.80. The monoisotopic (exact) mass is 364 g/mol. The first-order valence-electron chi connectivity index (χ1n) is 2.34. The number of halogens is 3. The molecule has 5 heteroatoms. The Hall–Kier alpha value is 1.49. The molecule has 0 N–H and O–H groups in total. The van der Waals surface area contributed by atoms with Gasteiger partial charge in [-0.25, -0.2) is 0 Å². The summed E-state index contributed by atoms with van der Waals surface area (Å²) in [4.78, 5) is 0. The Kier molecular flexibility index (Phi) is 3.77. The van der Waals surface area contributed by atoms with E-state index in [2.05, 4.69) is 54.0 Å². The molecule has 10 heavy (non-hydrogen) atoms. The predicted octanol–water partition coefficient (Wildman–Crippen LogP) is 4.76. The van der Waals surface area contributed by atoms with E-state index in [1.807, 2.05) is 0 Å². The zero-order chi connectivity index (χ0) is 7.72. The van der Waals surface area contributed by atoms with Gasteiger partial charge < -0.3 is 0 Å². The lowest BCUT2D eigenvalue weighted by atomic mass is 10.7. The minimum atomic E-state index is 1.11. The molecule has 0 aliphatic heterocycles. The molecule has 0 atom stereocenters. The summed E-state index contributed by atoms with van der Waals surface area (Å²) in [6.07, 6.45) is 2.06. The van der Waals surface area contributed by atoms with Crippen LogP contribution in [-0.2, 0) is 0 Å². The average molecular weight is 367 g/mol. The van der Waals surface area contributed by atoms with E-state index in [-0.39, 0.29) is 0 Å². The average Bonchev–Trinajstić information content (AvgIpc) is 2.17. The molecule has 0 amide bonds. The number of thioether (sulfide) groups is 1. The van der Waals surface area contributed by atoms with Crippen molar-refractivity contribution >= 4 is 70.9 Å². The van der Waals surface area contributed by atoms with Crippen molar-refractivity contribution in [3.8, 4) is 0 Å². The molecule has 1 heterocycles. The Morgan fingerprint density at radius 2 is 1.80 bits per heavy atom. The number of hydrogen-bond donors (Lipinski definition) is 0. The molecule has 0 saturated carbocycles. The highest BCUT2D eigenvalue weighted by Crippen LogP contribution is 2.44. The summed E-state index contributed by atoms with van der Waals surface area (Å²) in [5.41, 5.74) is 0. The van der Waals surface area contributed by atoms with Gasteiger partial charge in [-0.2, -0.15) is 0 Å². The second-order valence-electron chi connectivity index (χ2n) is 1.50. The number of thiophene rings is 1. The van der Waals surface area contributed by atoms with Crippen LogP contribution in [0.2, 0.25) is 0 Å². The summed E-state index contributed by atoms with van der Waals surface area (Å²) in [6.45, 7) is 0. The molecule has 0 saturated heterocycles. The Morgan fingerprint density at radius 3 is 2.00 bits per heavy atom. The maximum atomic E-state index is 3.47. The number of rotatable bonds is 1. The lowest BCUT2D eigenvalue weighted by Gasteiger charge is -1.87. The topological polar surface area (TPSA) is 0 Å². The molecule has 0 spiro atoms. The highest BCUT2D eigenvalue weighted by Gasteiger charge is 2.10. The van der Waals surface area contributed by atoms with E-state index in [1.165, 1.54) is 4.21 Å². The molecule has 0 aliphatic carbocycles. The van der Waals surface area contributed by atoms with Gasteiger partial charge in [-0.1, -0.05) is 0 Å². The molecular formula is C5H3Br3S2. The normalized spacial score (nSPS) is 10.4. The van der Waals surface area contributed by atoms with Gasteiger partial charge >= 0.3 is 0 Å². The van der Waals surface area contributed by atoms with E-state index in [4.69, 9.17) is 0 Å². The van der Waals surface area contributed by atoms with Gasteiger partial charge in [0.1, 0.15) is 0 Å². The van der Waals surface area contributed by atoms with Gasteiger partial charge in [-0.15, -0.1) is 23.1 Å². The SMILES string of the molecule is CSc1sc(Br)c(Br)c1Br. The smallest absolute Gasteiger partial charge is 0.0864 e. The van der Waals surface area contributed by atoms with Gasteiger partial charge in [0, 0.05) is 0 Å². The first-order valence-corrected chi connectivity index (χ1v) is 6.76. The minimum absolute atomic E-state index is 1.11. The van der Waals surface area contributed by atoms with Crippen molar-refractivity contribution in [2.45, 2.75) is 4.21 Å². The van der Waals surface area contributed by atoms with E-state index in [9.17, 15) is 0 Å².